The second kappa shape index (κ2) is 3.57. The fraction of sp³-hybridized carbons (Fsp3) is 0.857. The summed E-state index contributed by atoms with van der Waals surface area (Å²) >= 11 is 0. The van der Waals surface area contributed by atoms with Crippen molar-refractivity contribution in [2.45, 2.75) is 25.4 Å². The Morgan fingerprint density at radius 2 is 2.09 bits per heavy atom. The Morgan fingerprint density at radius 1 is 1.36 bits per heavy atom. The van der Waals surface area contributed by atoms with Gasteiger partial charge in [-0.05, 0) is 19.3 Å². The van der Waals surface area contributed by atoms with E-state index < -0.39 is 6.09 Å². The summed E-state index contributed by atoms with van der Waals surface area (Å²) in [7, 11) is 0. The maximum atomic E-state index is 10.5. The average Bonchev–Trinajstić information content (AvgIpc) is 2.13. The lowest BCUT2D eigenvalue weighted by atomic mass is 10.2. The van der Waals surface area contributed by atoms with Crippen LogP contribution in [0.15, 0.2) is 0 Å². The molecular weight excluding hydrogens is 146 g/mol. The Hall–Kier alpha value is -0.770. The highest BCUT2D eigenvalue weighted by molar-refractivity contribution is 5.64. The minimum atomic E-state index is -0.876. The zero-order valence-corrected chi connectivity index (χ0v) is 6.36. The molecule has 0 radical (unpaired) electrons. The van der Waals surface area contributed by atoms with Crippen molar-refractivity contribution in [2.75, 3.05) is 13.1 Å². The van der Waals surface area contributed by atoms with Crippen LogP contribution in [-0.2, 0) is 0 Å². The number of amides is 1. The van der Waals surface area contributed by atoms with Gasteiger partial charge in [0.1, 0.15) is 0 Å². The van der Waals surface area contributed by atoms with E-state index in [4.69, 9.17) is 10.2 Å². The fourth-order valence-corrected chi connectivity index (χ4v) is 1.27. The van der Waals surface area contributed by atoms with E-state index in [0.29, 0.717) is 19.5 Å². The molecule has 1 amide bonds. The van der Waals surface area contributed by atoms with Gasteiger partial charge in [-0.1, -0.05) is 0 Å². The molecule has 1 aliphatic rings. The van der Waals surface area contributed by atoms with Crippen molar-refractivity contribution in [3.63, 3.8) is 0 Å². The smallest absolute Gasteiger partial charge is 0.407 e. The van der Waals surface area contributed by atoms with Crippen molar-refractivity contribution in [3.8, 4) is 0 Å². The molecule has 0 spiro atoms. The van der Waals surface area contributed by atoms with Gasteiger partial charge >= 0.3 is 6.09 Å². The van der Waals surface area contributed by atoms with E-state index in [9.17, 15) is 4.79 Å². The standard InChI is InChI=1S/C7H13NO3/c9-6-2-1-4-8(5-3-6)7(10)11/h6,9H,1-5H2,(H,10,11). The quantitative estimate of drug-likeness (QED) is 0.541. The van der Waals surface area contributed by atoms with Crippen LogP contribution in [0.25, 0.3) is 0 Å². The number of hydrogen-bond acceptors (Lipinski definition) is 2. The molecule has 2 N–H and O–H groups in total. The van der Waals surface area contributed by atoms with Gasteiger partial charge in [0, 0.05) is 13.1 Å². The normalized spacial score (nSPS) is 26.3. The molecule has 0 aromatic heterocycles. The molecule has 0 aliphatic carbocycles. The number of rotatable bonds is 0. The van der Waals surface area contributed by atoms with Crippen LogP contribution in [-0.4, -0.2) is 40.4 Å². The Balaban J connectivity index is 2.40. The average molecular weight is 159 g/mol. The van der Waals surface area contributed by atoms with Gasteiger partial charge in [0.2, 0.25) is 0 Å². The van der Waals surface area contributed by atoms with Gasteiger partial charge in [-0.15, -0.1) is 0 Å². The molecule has 0 saturated carbocycles. The monoisotopic (exact) mass is 159 g/mol. The van der Waals surface area contributed by atoms with Gasteiger partial charge in [0.25, 0.3) is 0 Å². The highest BCUT2D eigenvalue weighted by atomic mass is 16.4. The van der Waals surface area contributed by atoms with Gasteiger partial charge in [-0.2, -0.15) is 0 Å². The third-order valence-corrected chi connectivity index (χ3v) is 1.97. The number of carboxylic acid groups (broad SMARTS) is 1. The maximum Gasteiger partial charge on any atom is 0.407 e. The van der Waals surface area contributed by atoms with Crippen LogP contribution in [0.5, 0.6) is 0 Å². The fourth-order valence-electron chi connectivity index (χ4n) is 1.27. The highest BCUT2D eigenvalue weighted by Crippen LogP contribution is 2.10. The second-order valence-corrected chi connectivity index (χ2v) is 2.85. The summed E-state index contributed by atoms with van der Waals surface area (Å²) in [5, 5.41) is 17.8. The summed E-state index contributed by atoms with van der Waals surface area (Å²) in [6.45, 7) is 1.03. The predicted molar refractivity (Wildman–Crippen MR) is 39.5 cm³/mol. The first-order chi connectivity index (χ1) is 5.20. The Kier molecular flexibility index (Phi) is 2.70. The van der Waals surface area contributed by atoms with Crippen LogP contribution in [0.3, 0.4) is 0 Å². The number of hydrogen-bond donors (Lipinski definition) is 2. The van der Waals surface area contributed by atoms with Crippen LogP contribution >= 0.6 is 0 Å². The summed E-state index contributed by atoms with van der Waals surface area (Å²) < 4.78 is 0. The first kappa shape index (κ1) is 8.33. The largest absolute Gasteiger partial charge is 0.465 e. The molecule has 1 atom stereocenters. The molecule has 64 valence electrons. The van der Waals surface area contributed by atoms with Crippen molar-refractivity contribution >= 4 is 6.09 Å². The minimum absolute atomic E-state index is 0.306. The molecule has 4 heteroatoms. The van der Waals surface area contributed by atoms with Gasteiger partial charge in [0.05, 0.1) is 6.10 Å². The van der Waals surface area contributed by atoms with Crippen LogP contribution in [0, 0.1) is 0 Å². The molecule has 4 nitrogen and oxygen atoms in total. The third kappa shape index (κ3) is 2.38. The lowest BCUT2D eigenvalue weighted by Crippen LogP contribution is -2.30. The molecular formula is C7H13NO3. The highest BCUT2D eigenvalue weighted by Gasteiger charge is 2.17. The zero-order chi connectivity index (χ0) is 8.27. The number of likely N-dealkylation sites (tertiary alicyclic amines) is 1. The van der Waals surface area contributed by atoms with Gasteiger partial charge in [0.15, 0.2) is 0 Å². The minimum Gasteiger partial charge on any atom is -0.465 e. The lowest BCUT2D eigenvalue weighted by Gasteiger charge is -2.15. The molecule has 1 aliphatic heterocycles. The van der Waals surface area contributed by atoms with Crippen LogP contribution in [0.4, 0.5) is 4.79 Å². The van der Waals surface area contributed by atoms with Crippen molar-refractivity contribution in [2.24, 2.45) is 0 Å². The maximum absolute atomic E-state index is 10.5. The summed E-state index contributed by atoms with van der Waals surface area (Å²) in [4.78, 5) is 11.8. The van der Waals surface area contributed by atoms with Crippen molar-refractivity contribution < 1.29 is 15.0 Å². The van der Waals surface area contributed by atoms with E-state index in [2.05, 4.69) is 0 Å². The van der Waals surface area contributed by atoms with Crippen LogP contribution in [0.2, 0.25) is 0 Å². The summed E-state index contributed by atoms with van der Waals surface area (Å²) in [6.07, 6.45) is 0.891. The summed E-state index contributed by atoms with van der Waals surface area (Å²) in [5.74, 6) is 0. The molecule has 0 aromatic carbocycles. The molecule has 0 bridgehead atoms. The SMILES string of the molecule is O=C(O)N1CCCC(O)CC1. The van der Waals surface area contributed by atoms with E-state index in [0.717, 1.165) is 12.8 Å². The van der Waals surface area contributed by atoms with E-state index >= 15 is 0 Å². The molecule has 1 saturated heterocycles. The summed E-state index contributed by atoms with van der Waals surface area (Å²) in [5.41, 5.74) is 0. The molecule has 11 heavy (non-hydrogen) atoms. The Labute approximate surface area is 65.4 Å². The number of aliphatic hydroxyl groups is 1. The van der Waals surface area contributed by atoms with E-state index in [1.165, 1.54) is 4.90 Å². The second-order valence-electron chi connectivity index (χ2n) is 2.85. The molecule has 0 aromatic rings. The van der Waals surface area contributed by atoms with Crippen molar-refractivity contribution in [1.29, 1.82) is 0 Å². The first-order valence-electron chi connectivity index (χ1n) is 3.86. The molecule has 1 heterocycles. The number of nitrogens with zero attached hydrogens (tertiary/aromatic N) is 1. The van der Waals surface area contributed by atoms with Gasteiger partial charge in [-0.25, -0.2) is 4.79 Å². The Bertz CT molecular complexity index is 149. The zero-order valence-electron chi connectivity index (χ0n) is 6.36. The topological polar surface area (TPSA) is 60.8 Å². The van der Waals surface area contributed by atoms with Crippen molar-refractivity contribution in [3.05, 3.63) is 0 Å². The van der Waals surface area contributed by atoms with Gasteiger partial charge in [-0.3, -0.25) is 0 Å². The van der Waals surface area contributed by atoms with E-state index in [1.807, 2.05) is 0 Å². The van der Waals surface area contributed by atoms with Crippen molar-refractivity contribution in [1.82, 2.24) is 4.90 Å². The molecule has 1 unspecified atom stereocenters. The molecule has 1 fully saturated rings. The van der Waals surface area contributed by atoms with Gasteiger partial charge < -0.3 is 15.1 Å². The van der Waals surface area contributed by atoms with Crippen LogP contribution in [0.1, 0.15) is 19.3 Å². The summed E-state index contributed by atoms with van der Waals surface area (Å²) in [6, 6.07) is 0. The first-order valence-corrected chi connectivity index (χ1v) is 3.86. The van der Waals surface area contributed by atoms with E-state index in [1.54, 1.807) is 0 Å². The van der Waals surface area contributed by atoms with E-state index in [-0.39, 0.29) is 6.10 Å². The lowest BCUT2D eigenvalue weighted by molar-refractivity contribution is 0.137. The Morgan fingerprint density at radius 3 is 2.73 bits per heavy atom. The number of aliphatic hydroxyl groups excluding tert-OH is 1. The molecule has 1 rings (SSSR count). The van der Waals surface area contributed by atoms with Crippen LogP contribution < -0.4 is 0 Å². The third-order valence-electron chi connectivity index (χ3n) is 1.97. The number of carbonyl (C=O) groups is 1. The predicted octanol–water partition coefficient (Wildman–Crippen LogP) is 0.511.